The van der Waals surface area contributed by atoms with Gasteiger partial charge in [-0.25, -0.2) is 4.98 Å². The molecule has 0 saturated heterocycles. The molecule has 100 valence electrons. The van der Waals surface area contributed by atoms with Crippen molar-refractivity contribution in [2.24, 2.45) is 0 Å². The Morgan fingerprint density at radius 3 is 2.89 bits per heavy atom. The summed E-state index contributed by atoms with van der Waals surface area (Å²) in [5.74, 6) is 1.15. The summed E-state index contributed by atoms with van der Waals surface area (Å²) in [5, 5.41) is 8.97. The van der Waals surface area contributed by atoms with Gasteiger partial charge in [-0.3, -0.25) is 0 Å². The molecular formula is C14H16ClN3O. The molecule has 2 rings (SSSR count). The molecule has 0 bridgehead atoms. The summed E-state index contributed by atoms with van der Waals surface area (Å²) in [7, 11) is 0. The second kappa shape index (κ2) is 6.05. The number of halogens is 1. The first-order chi connectivity index (χ1) is 9.15. The maximum atomic E-state index is 8.97. The second-order valence-electron chi connectivity index (χ2n) is 4.55. The average Bonchev–Trinajstić information content (AvgIpc) is 2.75. The van der Waals surface area contributed by atoms with Crippen molar-refractivity contribution in [2.45, 2.75) is 32.4 Å². The largest absolute Gasteiger partial charge is 0.377 e. The quantitative estimate of drug-likeness (QED) is 0.789. The lowest BCUT2D eigenvalue weighted by Gasteiger charge is -2.10. The molecule has 0 unspecified atom stereocenters. The molecule has 1 heterocycles. The van der Waals surface area contributed by atoms with Crippen LogP contribution in [-0.4, -0.2) is 22.3 Å². The predicted molar refractivity (Wildman–Crippen MR) is 75.1 cm³/mol. The zero-order valence-electron chi connectivity index (χ0n) is 11.1. The van der Waals surface area contributed by atoms with Crippen molar-refractivity contribution in [3.8, 4) is 6.07 Å². The van der Waals surface area contributed by atoms with Crippen molar-refractivity contribution < 1.29 is 4.74 Å². The third-order valence-corrected chi connectivity index (χ3v) is 3.08. The van der Waals surface area contributed by atoms with E-state index in [1.165, 1.54) is 0 Å². The Labute approximate surface area is 117 Å². The molecule has 1 aromatic carbocycles. The van der Waals surface area contributed by atoms with Crippen LogP contribution in [0.5, 0.6) is 0 Å². The zero-order chi connectivity index (χ0) is 13.8. The van der Waals surface area contributed by atoms with Gasteiger partial charge < -0.3 is 9.30 Å². The van der Waals surface area contributed by atoms with Crippen LogP contribution in [0.4, 0.5) is 0 Å². The number of imidazole rings is 1. The normalized spacial score (nSPS) is 11.1. The highest BCUT2D eigenvalue weighted by atomic mass is 35.5. The fraction of sp³-hybridized carbons (Fsp3) is 0.429. The molecule has 0 aliphatic heterocycles. The van der Waals surface area contributed by atoms with E-state index in [-0.39, 0.29) is 6.10 Å². The van der Waals surface area contributed by atoms with Gasteiger partial charge in [0.2, 0.25) is 0 Å². The highest BCUT2D eigenvalue weighted by Gasteiger charge is 2.10. The van der Waals surface area contributed by atoms with Crippen molar-refractivity contribution in [3.05, 3.63) is 29.6 Å². The molecule has 2 aromatic rings. The first-order valence-corrected chi connectivity index (χ1v) is 6.76. The van der Waals surface area contributed by atoms with E-state index in [1.807, 2.05) is 30.5 Å². The van der Waals surface area contributed by atoms with Crippen LogP contribution in [0.1, 0.15) is 25.2 Å². The van der Waals surface area contributed by atoms with Crippen molar-refractivity contribution in [3.63, 3.8) is 0 Å². The number of alkyl halides is 1. The van der Waals surface area contributed by atoms with E-state index in [9.17, 15) is 0 Å². The SMILES string of the molecule is CC(C)OCCn1c(CCl)nc2ccc(C#N)cc21. The molecule has 0 fully saturated rings. The number of benzene rings is 1. The van der Waals surface area contributed by atoms with Gasteiger partial charge in [-0.2, -0.15) is 5.26 Å². The fourth-order valence-electron chi connectivity index (χ4n) is 1.97. The van der Waals surface area contributed by atoms with Crippen LogP contribution in [-0.2, 0) is 17.2 Å². The van der Waals surface area contributed by atoms with Gasteiger partial charge in [-0.05, 0) is 32.0 Å². The molecule has 4 nitrogen and oxygen atoms in total. The van der Waals surface area contributed by atoms with E-state index in [2.05, 4.69) is 11.1 Å². The predicted octanol–water partition coefficient (Wildman–Crippen LogP) is 3.07. The lowest BCUT2D eigenvalue weighted by Crippen LogP contribution is -2.12. The summed E-state index contributed by atoms with van der Waals surface area (Å²) in [6, 6.07) is 7.60. The topological polar surface area (TPSA) is 50.8 Å². The summed E-state index contributed by atoms with van der Waals surface area (Å²) >= 11 is 5.93. The molecule has 0 radical (unpaired) electrons. The van der Waals surface area contributed by atoms with Gasteiger partial charge >= 0.3 is 0 Å². The number of rotatable bonds is 5. The number of hydrogen-bond donors (Lipinski definition) is 0. The Hall–Kier alpha value is -1.57. The molecule has 0 N–H and O–H groups in total. The van der Waals surface area contributed by atoms with Crippen molar-refractivity contribution in [1.29, 1.82) is 5.26 Å². The van der Waals surface area contributed by atoms with Gasteiger partial charge in [-0.15, -0.1) is 11.6 Å². The standard InChI is InChI=1S/C14H16ClN3O/c1-10(2)19-6-5-18-13-7-11(9-16)3-4-12(13)17-14(18)8-15/h3-4,7,10H,5-6,8H2,1-2H3. The van der Waals surface area contributed by atoms with Crippen LogP contribution >= 0.6 is 11.6 Å². The summed E-state index contributed by atoms with van der Waals surface area (Å²) in [6.45, 7) is 5.29. The average molecular weight is 278 g/mol. The molecule has 0 aliphatic carbocycles. The molecular weight excluding hydrogens is 262 g/mol. The lowest BCUT2D eigenvalue weighted by atomic mass is 10.2. The van der Waals surface area contributed by atoms with E-state index < -0.39 is 0 Å². The van der Waals surface area contributed by atoms with E-state index in [4.69, 9.17) is 21.6 Å². The molecule has 0 aliphatic rings. The van der Waals surface area contributed by atoms with Crippen LogP contribution in [0, 0.1) is 11.3 Å². The molecule has 0 saturated carbocycles. The summed E-state index contributed by atoms with van der Waals surface area (Å²) in [4.78, 5) is 4.47. The molecule has 1 aromatic heterocycles. The monoisotopic (exact) mass is 277 g/mol. The summed E-state index contributed by atoms with van der Waals surface area (Å²) in [6.07, 6.45) is 0.198. The van der Waals surface area contributed by atoms with E-state index >= 15 is 0 Å². The van der Waals surface area contributed by atoms with Gasteiger partial charge in [0.15, 0.2) is 0 Å². The molecule has 0 amide bonds. The molecule has 19 heavy (non-hydrogen) atoms. The fourth-order valence-corrected chi connectivity index (χ4v) is 2.18. The van der Waals surface area contributed by atoms with Crippen LogP contribution < -0.4 is 0 Å². The number of hydrogen-bond acceptors (Lipinski definition) is 3. The number of ether oxygens (including phenoxy) is 1. The minimum Gasteiger partial charge on any atom is -0.377 e. The van der Waals surface area contributed by atoms with E-state index in [0.29, 0.717) is 24.6 Å². The van der Waals surface area contributed by atoms with Gasteiger partial charge in [0.05, 0.1) is 41.3 Å². The van der Waals surface area contributed by atoms with Crippen LogP contribution in [0.15, 0.2) is 18.2 Å². The Bertz CT molecular complexity index is 613. The first kappa shape index (κ1) is 13.9. The van der Waals surface area contributed by atoms with Gasteiger partial charge in [0, 0.05) is 6.54 Å². The number of aromatic nitrogens is 2. The highest BCUT2D eigenvalue weighted by molar-refractivity contribution is 6.16. The zero-order valence-corrected chi connectivity index (χ0v) is 11.8. The number of fused-ring (bicyclic) bond motifs is 1. The molecule has 0 spiro atoms. The maximum Gasteiger partial charge on any atom is 0.124 e. The maximum absolute atomic E-state index is 8.97. The Morgan fingerprint density at radius 2 is 2.26 bits per heavy atom. The number of nitriles is 1. The minimum absolute atomic E-state index is 0.198. The van der Waals surface area contributed by atoms with Crippen molar-refractivity contribution in [2.75, 3.05) is 6.61 Å². The number of nitrogens with zero attached hydrogens (tertiary/aromatic N) is 3. The summed E-state index contributed by atoms with van der Waals surface area (Å²) < 4.78 is 7.58. The Kier molecular flexibility index (Phi) is 4.41. The third kappa shape index (κ3) is 3.06. The Morgan fingerprint density at radius 1 is 1.47 bits per heavy atom. The highest BCUT2D eigenvalue weighted by Crippen LogP contribution is 2.19. The van der Waals surface area contributed by atoms with E-state index in [0.717, 1.165) is 16.9 Å². The Balaban J connectivity index is 2.35. The summed E-state index contributed by atoms with van der Waals surface area (Å²) in [5.41, 5.74) is 2.42. The first-order valence-electron chi connectivity index (χ1n) is 6.22. The van der Waals surface area contributed by atoms with Crippen LogP contribution in [0.25, 0.3) is 11.0 Å². The molecule has 0 atom stereocenters. The minimum atomic E-state index is 0.198. The third-order valence-electron chi connectivity index (χ3n) is 2.84. The van der Waals surface area contributed by atoms with E-state index in [1.54, 1.807) is 6.07 Å². The van der Waals surface area contributed by atoms with Crippen molar-refractivity contribution in [1.82, 2.24) is 9.55 Å². The van der Waals surface area contributed by atoms with Crippen LogP contribution in [0.2, 0.25) is 0 Å². The van der Waals surface area contributed by atoms with Crippen molar-refractivity contribution >= 4 is 22.6 Å². The van der Waals surface area contributed by atoms with Gasteiger partial charge in [-0.1, -0.05) is 0 Å². The van der Waals surface area contributed by atoms with Gasteiger partial charge in [0.25, 0.3) is 0 Å². The molecule has 5 heteroatoms. The second-order valence-corrected chi connectivity index (χ2v) is 4.82. The van der Waals surface area contributed by atoms with Gasteiger partial charge in [0.1, 0.15) is 5.82 Å². The smallest absolute Gasteiger partial charge is 0.124 e. The van der Waals surface area contributed by atoms with Crippen LogP contribution in [0.3, 0.4) is 0 Å². The lowest BCUT2D eigenvalue weighted by molar-refractivity contribution is 0.0729.